The third kappa shape index (κ3) is 51.4. The first-order chi connectivity index (χ1) is 31.2. The minimum Gasteiger partial charge on any atom is -0.462 e. The summed E-state index contributed by atoms with van der Waals surface area (Å²) in [6.45, 7) is 11.4. The second kappa shape index (κ2) is 50.8. The average molecular weight is 906 g/mol. The van der Waals surface area contributed by atoms with E-state index in [9.17, 15) is 14.4 Å². The number of carbonyl (C=O) groups excluding carboxylic acids is 3. The molecule has 64 heavy (non-hydrogen) atoms. The van der Waals surface area contributed by atoms with Gasteiger partial charge in [0.05, 0.1) is 0 Å². The second-order valence-electron chi connectivity index (χ2n) is 20.9. The van der Waals surface area contributed by atoms with Crippen LogP contribution in [0.1, 0.15) is 324 Å². The van der Waals surface area contributed by atoms with Crippen molar-refractivity contribution < 1.29 is 28.6 Å². The van der Waals surface area contributed by atoms with Gasteiger partial charge < -0.3 is 14.2 Å². The summed E-state index contributed by atoms with van der Waals surface area (Å²) in [5.41, 5.74) is 0. The van der Waals surface area contributed by atoms with Crippen molar-refractivity contribution in [2.24, 2.45) is 11.8 Å². The van der Waals surface area contributed by atoms with Crippen molar-refractivity contribution in [3.8, 4) is 0 Å². The lowest BCUT2D eigenvalue weighted by Crippen LogP contribution is -2.30. The Morgan fingerprint density at radius 1 is 0.297 bits per heavy atom. The van der Waals surface area contributed by atoms with Crippen LogP contribution in [-0.2, 0) is 28.6 Å². The van der Waals surface area contributed by atoms with Crippen LogP contribution in [0.5, 0.6) is 0 Å². The lowest BCUT2D eigenvalue weighted by molar-refractivity contribution is -0.167. The van der Waals surface area contributed by atoms with Gasteiger partial charge in [-0.2, -0.15) is 0 Å². The number of carbonyl (C=O) groups is 3. The summed E-state index contributed by atoms with van der Waals surface area (Å²) in [6, 6.07) is 0. The molecule has 0 saturated carbocycles. The summed E-state index contributed by atoms with van der Waals surface area (Å²) in [6.07, 6.45) is 53.9. The Labute approximate surface area is 399 Å². The Bertz CT molecular complexity index is 978. The zero-order valence-electron chi connectivity index (χ0n) is 43.9. The SMILES string of the molecule is CCCCCCCCCCCCCCCCCC(=O)OC[C@@H](COC(=O)CCCCCCCCCCCCCCCCCCCCC(C)C)OC(=O)CCCCCCCCCC(C)C. The van der Waals surface area contributed by atoms with E-state index in [0.717, 1.165) is 69.6 Å². The van der Waals surface area contributed by atoms with E-state index in [1.54, 1.807) is 0 Å². The molecule has 0 N–H and O–H groups in total. The molecule has 6 nitrogen and oxygen atoms in total. The summed E-state index contributed by atoms with van der Waals surface area (Å²) in [7, 11) is 0. The van der Waals surface area contributed by atoms with Crippen molar-refractivity contribution in [1.82, 2.24) is 0 Å². The molecule has 0 heterocycles. The highest BCUT2D eigenvalue weighted by Gasteiger charge is 2.19. The van der Waals surface area contributed by atoms with Crippen LogP contribution in [0.2, 0.25) is 0 Å². The van der Waals surface area contributed by atoms with Crippen LogP contribution in [0, 0.1) is 11.8 Å². The molecule has 0 radical (unpaired) electrons. The fourth-order valence-corrected chi connectivity index (χ4v) is 8.87. The van der Waals surface area contributed by atoms with Crippen LogP contribution < -0.4 is 0 Å². The van der Waals surface area contributed by atoms with Crippen LogP contribution in [0.25, 0.3) is 0 Å². The molecule has 0 bridgehead atoms. The van der Waals surface area contributed by atoms with Gasteiger partial charge in [-0.3, -0.25) is 14.4 Å². The smallest absolute Gasteiger partial charge is 0.306 e. The molecule has 0 unspecified atom stereocenters. The van der Waals surface area contributed by atoms with Crippen LogP contribution in [0.15, 0.2) is 0 Å². The van der Waals surface area contributed by atoms with Gasteiger partial charge in [0, 0.05) is 19.3 Å². The standard InChI is InChI=1S/C58H112O6/c1-6-7-8-9-10-11-12-13-18-22-25-28-33-38-43-48-56(59)62-51-55(64-58(61)50-45-40-35-30-32-37-42-47-54(4)5)52-63-57(60)49-44-39-34-29-26-23-20-17-15-14-16-19-21-24-27-31-36-41-46-53(2)3/h53-55H,6-52H2,1-5H3/t55-/m0/s1. The fraction of sp³-hybridized carbons (Fsp3) is 0.948. The first-order valence-corrected chi connectivity index (χ1v) is 28.7. The Hall–Kier alpha value is -1.59. The van der Waals surface area contributed by atoms with Crippen molar-refractivity contribution in [1.29, 1.82) is 0 Å². The van der Waals surface area contributed by atoms with Crippen LogP contribution in [0.3, 0.4) is 0 Å². The first-order valence-electron chi connectivity index (χ1n) is 28.7. The quantitative estimate of drug-likeness (QED) is 0.0344. The normalized spacial score (nSPS) is 12.0. The van der Waals surface area contributed by atoms with Gasteiger partial charge in [-0.05, 0) is 31.1 Å². The molecular formula is C58H112O6. The van der Waals surface area contributed by atoms with E-state index in [1.807, 2.05) is 0 Å². The van der Waals surface area contributed by atoms with E-state index in [-0.39, 0.29) is 31.1 Å². The maximum Gasteiger partial charge on any atom is 0.306 e. The zero-order chi connectivity index (χ0) is 46.8. The van der Waals surface area contributed by atoms with Crippen molar-refractivity contribution in [2.45, 2.75) is 330 Å². The van der Waals surface area contributed by atoms with Gasteiger partial charge in [0.15, 0.2) is 6.10 Å². The molecule has 0 aliphatic heterocycles. The molecule has 1 atom stereocenters. The van der Waals surface area contributed by atoms with E-state index in [4.69, 9.17) is 14.2 Å². The lowest BCUT2D eigenvalue weighted by atomic mass is 10.0. The second-order valence-corrected chi connectivity index (χ2v) is 20.9. The minimum absolute atomic E-state index is 0.0636. The third-order valence-electron chi connectivity index (χ3n) is 13.2. The molecule has 0 aromatic carbocycles. The number of hydrogen-bond acceptors (Lipinski definition) is 6. The monoisotopic (exact) mass is 905 g/mol. The Kier molecular flexibility index (Phi) is 49.6. The molecule has 380 valence electrons. The predicted octanol–water partition coefficient (Wildman–Crippen LogP) is 18.9. The number of unbranched alkanes of at least 4 members (excludes halogenated alkanes) is 37. The topological polar surface area (TPSA) is 78.9 Å². The van der Waals surface area contributed by atoms with Crippen LogP contribution in [0.4, 0.5) is 0 Å². The molecule has 0 amide bonds. The van der Waals surface area contributed by atoms with Gasteiger partial charge in [0.25, 0.3) is 0 Å². The minimum atomic E-state index is -0.762. The molecule has 0 aliphatic carbocycles. The third-order valence-corrected chi connectivity index (χ3v) is 13.2. The molecule has 0 aromatic rings. The molecule has 0 fully saturated rings. The van der Waals surface area contributed by atoms with Gasteiger partial charge in [-0.15, -0.1) is 0 Å². The number of rotatable bonds is 52. The fourth-order valence-electron chi connectivity index (χ4n) is 8.87. The van der Waals surface area contributed by atoms with Crippen LogP contribution in [-0.4, -0.2) is 37.2 Å². The maximum atomic E-state index is 12.8. The van der Waals surface area contributed by atoms with Crippen molar-refractivity contribution in [3.63, 3.8) is 0 Å². The van der Waals surface area contributed by atoms with Gasteiger partial charge in [0.1, 0.15) is 13.2 Å². The Balaban J connectivity index is 4.19. The van der Waals surface area contributed by atoms with Crippen molar-refractivity contribution >= 4 is 17.9 Å². The van der Waals surface area contributed by atoms with Crippen molar-refractivity contribution in [3.05, 3.63) is 0 Å². The highest BCUT2D eigenvalue weighted by molar-refractivity contribution is 5.71. The lowest BCUT2D eigenvalue weighted by Gasteiger charge is -2.18. The highest BCUT2D eigenvalue weighted by atomic mass is 16.6. The predicted molar refractivity (Wildman–Crippen MR) is 275 cm³/mol. The molecule has 0 spiro atoms. The van der Waals surface area contributed by atoms with Gasteiger partial charge >= 0.3 is 17.9 Å². The number of ether oxygens (including phenoxy) is 3. The van der Waals surface area contributed by atoms with Gasteiger partial charge in [0.2, 0.25) is 0 Å². The molecule has 0 aromatic heterocycles. The molecular weight excluding hydrogens is 793 g/mol. The summed E-state index contributed by atoms with van der Waals surface area (Å²) in [4.78, 5) is 38.0. The molecule has 0 rings (SSSR count). The van der Waals surface area contributed by atoms with Gasteiger partial charge in [-0.25, -0.2) is 0 Å². The number of hydrogen-bond donors (Lipinski definition) is 0. The highest BCUT2D eigenvalue weighted by Crippen LogP contribution is 2.18. The first kappa shape index (κ1) is 62.4. The Morgan fingerprint density at radius 3 is 0.766 bits per heavy atom. The van der Waals surface area contributed by atoms with E-state index < -0.39 is 6.10 Å². The van der Waals surface area contributed by atoms with Crippen LogP contribution >= 0.6 is 0 Å². The molecule has 0 saturated heterocycles. The summed E-state index contributed by atoms with van der Waals surface area (Å²) >= 11 is 0. The molecule has 0 aliphatic rings. The summed E-state index contributed by atoms with van der Waals surface area (Å²) in [5.74, 6) is 0.793. The average Bonchev–Trinajstić information content (AvgIpc) is 3.27. The van der Waals surface area contributed by atoms with E-state index in [0.29, 0.717) is 19.3 Å². The zero-order valence-corrected chi connectivity index (χ0v) is 43.9. The van der Waals surface area contributed by atoms with E-state index in [1.165, 1.54) is 212 Å². The largest absolute Gasteiger partial charge is 0.462 e. The van der Waals surface area contributed by atoms with Crippen molar-refractivity contribution in [2.75, 3.05) is 13.2 Å². The Morgan fingerprint density at radius 2 is 0.516 bits per heavy atom. The van der Waals surface area contributed by atoms with Gasteiger partial charge in [-0.1, -0.05) is 285 Å². The summed E-state index contributed by atoms with van der Waals surface area (Å²) in [5, 5.41) is 0. The molecule has 6 heteroatoms. The van der Waals surface area contributed by atoms with E-state index in [2.05, 4.69) is 34.6 Å². The maximum absolute atomic E-state index is 12.8. The summed E-state index contributed by atoms with van der Waals surface area (Å²) < 4.78 is 16.9. The van der Waals surface area contributed by atoms with E-state index >= 15 is 0 Å². The number of esters is 3.